The first kappa shape index (κ1) is 17.4. The average Bonchev–Trinajstić information content (AvgIpc) is 2.73. The van der Waals surface area contributed by atoms with Crippen LogP contribution in [-0.4, -0.2) is 43.4 Å². The van der Waals surface area contributed by atoms with E-state index in [0.717, 1.165) is 30.1 Å². The van der Waals surface area contributed by atoms with Crippen LogP contribution < -0.4 is 19.9 Å². The lowest BCUT2D eigenvalue weighted by Crippen LogP contribution is -2.36. The number of aromatic amines is 1. The molecule has 2 heterocycles. The van der Waals surface area contributed by atoms with E-state index in [-0.39, 0.29) is 5.56 Å². The Bertz CT molecular complexity index is 979. The van der Waals surface area contributed by atoms with Gasteiger partial charge in [-0.2, -0.15) is 0 Å². The zero-order valence-electron chi connectivity index (χ0n) is 15.1. The molecule has 0 spiro atoms. The Hall–Kier alpha value is -3.06. The lowest BCUT2D eigenvalue weighted by Gasteiger charge is -2.29. The molecular weight excluding hydrogens is 346 g/mol. The van der Waals surface area contributed by atoms with Crippen molar-refractivity contribution in [2.24, 2.45) is 0 Å². The van der Waals surface area contributed by atoms with Crippen LogP contribution in [0.2, 0.25) is 0 Å². The molecule has 1 N–H and O–H groups in total. The minimum absolute atomic E-state index is 0.254. The van der Waals surface area contributed by atoms with Crippen LogP contribution in [0.25, 0.3) is 11.0 Å². The summed E-state index contributed by atoms with van der Waals surface area (Å²) in [5.74, 6) is 1.40. The van der Waals surface area contributed by atoms with E-state index in [4.69, 9.17) is 14.2 Å². The topological polar surface area (TPSA) is 76.7 Å². The van der Waals surface area contributed by atoms with Crippen LogP contribution in [0.15, 0.2) is 47.4 Å². The summed E-state index contributed by atoms with van der Waals surface area (Å²) in [4.78, 5) is 21.1. The molecule has 140 valence electrons. The van der Waals surface area contributed by atoms with Crippen molar-refractivity contribution in [3.63, 3.8) is 0 Å². The molecule has 0 saturated carbocycles. The Morgan fingerprint density at radius 1 is 1.19 bits per heavy atom. The summed E-state index contributed by atoms with van der Waals surface area (Å²) in [5, 5.41) is 0. The van der Waals surface area contributed by atoms with Gasteiger partial charge in [-0.15, -0.1) is 0 Å². The number of hydrogen-bond donors (Lipinski definition) is 1. The van der Waals surface area contributed by atoms with Crippen LogP contribution >= 0.6 is 0 Å². The van der Waals surface area contributed by atoms with Crippen molar-refractivity contribution in [1.82, 2.24) is 9.97 Å². The molecule has 1 aliphatic heterocycles. The highest BCUT2D eigenvalue weighted by molar-refractivity contribution is 5.85. The molecule has 1 aliphatic rings. The number of ether oxygens (including phenoxy) is 3. The van der Waals surface area contributed by atoms with Crippen LogP contribution in [-0.2, 0) is 11.3 Å². The Labute approximate surface area is 156 Å². The van der Waals surface area contributed by atoms with Crippen molar-refractivity contribution >= 4 is 16.7 Å². The van der Waals surface area contributed by atoms with Gasteiger partial charge in [0, 0.05) is 24.8 Å². The first-order valence-corrected chi connectivity index (χ1v) is 8.84. The normalized spacial score (nSPS) is 14.3. The molecule has 7 nitrogen and oxygen atoms in total. The number of benzene rings is 2. The second-order valence-corrected chi connectivity index (χ2v) is 6.32. The maximum Gasteiger partial charge on any atom is 0.266 e. The van der Waals surface area contributed by atoms with E-state index < -0.39 is 0 Å². The third kappa shape index (κ3) is 3.88. The summed E-state index contributed by atoms with van der Waals surface area (Å²) in [6.45, 7) is 3.39. The largest absolute Gasteiger partial charge is 0.497 e. The van der Waals surface area contributed by atoms with Crippen LogP contribution in [0.1, 0.15) is 5.56 Å². The number of morpholine rings is 1. The summed E-state index contributed by atoms with van der Waals surface area (Å²) in [5.41, 5.74) is 3.06. The molecule has 0 aliphatic carbocycles. The average molecular weight is 367 g/mol. The van der Waals surface area contributed by atoms with Crippen LogP contribution in [0.4, 0.5) is 5.69 Å². The van der Waals surface area contributed by atoms with Crippen LogP contribution in [0.5, 0.6) is 11.5 Å². The SMILES string of the molecule is COc1ccc(COc2cc(N3CCOCC3)cc3ncc(=O)[nH]c23)cc1. The number of aromatic nitrogens is 2. The van der Waals surface area contributed by atoms with E-state index in [9.17, 15) is 4.79 Å². The van der Waals surface area contributed by atoms with E-state index in [1.165, 1.54) is 6.20 Å². The van der Waals surface area contributed by atoms with Gasteiger partial charge in [-0.3, -0.25) is 4.79 Å². The van der Waals surface area contributed by atoms with Gasteiger partial charge in [-0.1, -0.05) is 12.1 Å². The lowest BCUT2D eigenvalue weighted by atomic mass is 10.2. The zero-order chi connectivity index (χ0) is 18.6. The number of H-pyrrole nitrogens is 1. The molecule has 4 rings (SSSR count). The third-order valence-electron chi connectivity index (χ3n) is 4.56. The summed E-state index contributed by atoms with van der Waals surface area (Å²) in [7, 11) is 1.64. The van der Waals surface area contributed by atoms with E-state index >= 15 is 0 Å². The number of nitrogens with zero attached hydrogens (tertiary/aromatic N) is 2. The Balaban J connectivity index is 1.65. The van der Waals surface area contributed by atoms with Crippen molar-refractivity contribution in [2.45, 2.75) is 6.61 Å². The molecule has 1 fully saturated rings. The fourth-order valence-corrected chi connectivity index (χ4v) is 3.10. The van der Waals surface area contributed by atoms with Crippen LogP contribution in [0, 0.1) is 0 Å². The standard InChI is InChI=1S/C20H21N3O4/c1-25-16-4-2-14(3-5-16)13-27-18-11-15(23-6-8-26-9-7-23)10-17-20(18)22-19(24)12-21-17/h2-5,10-12H,6-9,13H2,1H3,(H,22,24). The minimum atomic E-state index is -0.254. The maximum absolute atomic E-state index is 11.8. The molecule has 0 amide bonds. The predicted molar refractivity (Wildman–Crippen MR) is 103 cm³/mol. The van der Waals surface area contributed by atoms with Crippen molar-refractivity contribution in [3.05, 3.63) is 58.5 Å². The summed E-state index contributed by atoms with van der Waals surface area (Å²) in [6.07, 6.45) is 1.29. The lowest BCUT2D eigenvalue weighted by molar-refractivity contribution is 0.122. The van der Waals surface area contributed by atoms with Crippen molar-refractivity contribution in [2.75, 3.05) is 38.3 Å². The van der Waals surface area contributed by atoms with Gasteiger partial charge in [0.15, 0.2) is 0 Å². The van der Waals surface area contributed by atoms with Crippen molar-refractivity contribution in [3.8, 4) is 11.5 Å². The third-order valence-corrected chi connectivity index (χ3v) is 4.56. The highest BCUT2D eigenvalue weighted by atomic mass is 16.5. The summed E-state index contributed by atoms with van der Waals surface area (Å²) in [6, 6.07) is 11.6. The highest BCUT2D eigenvalue weighted by Crippen LogP contribution is 2.30. The van der Waals surface area contributed by atoms with E-state index in [0.29, 0.717) is 36.6 Å². The number of rotatable bonds is 5. The number of nitrogens with one attached hydrogen (secondary N) is 1. The van der Waals surface area contributed by atoms with Gasteiger partial charge in [0.2, 0.25) is 0 Å². The van der Waals surface area contributed by atoms with Gasteiger partial charge in [-0.05, 0) is 23.8 Å². The fourth-order valence-electron chi connectivity index (χ4n) is 3.10. The monoisotopic (exact) mass is 367 g/mol. The Kier molecular flexibility index (Phi) is 4.93. The van der Waals surface area contributed by atoms with E-state index in [2.05, 4.69) is 14.9 Å². The second kappa shape index (κ2) is 7.67. The van der Waals surface area contributed by atoms with Gasteiger partial charge in [-0.25, -0.2) is 4.98 Å². The summed E-state index contributed by atoms with van der Waals surface area (Å²) < 4.78 is 16.7. The Morgan fingerprint density at radius 3 is 2.70 bits per heavy atom. The van der Waals surface area contributed by atoms with Crippen molar-refractivity contribution < 1.29 is 14.2 Å². The van der Waals surface area contributed by atoms with Crippen molar-refractivity contribution in [1.29, 1.82) is 0 Å². The Morgan fingerprint density at radius 2 is 1.96 bits per heavy atom. The van der Waals surface area contributed by atoms with Gasteiger partial charge in [0.1, 0.15) is 23.6 Å². The molecular formula is C20H21N3O4. The number of hydrogen-bond acceptors (Lipinski definition) is 6. The van der Waals surface area contributed by atoms with E-state index in [1.54, 1.807) is 7.11 Å². The number of fused-ring (bicyclic) bond motifs is 1. The van der Waals surface area contributed by atoms with Gasteiger partial charge < -0.3 is 24.1 Å². The molecule has 0 unspecified atom stereocenters. The van der Waals surface area contributed by atoms with Gasteiger partial charge in [0.25, 0.3) is 5.56 Å². The fraction of sp³-hybridized carbons (Fsp3) is 0.300. The van der Waals surface area contributed by atoms with Crippen LogP contribution in [0.3, 0.4) is 0 Å². The molecule has 1 saturated heterocycles. The minimum Gasteiger partial charge on any atom is -0.497 e. The molecule has 0 bridgehead atoms. The van der Waals surface area contributed by atoms with E-state index in [1.807, 2.05) is 36.4 Å². The predicted octanol–water partition coefficient (Wildman–Crippen LogP) is 2.35. The maximum atomic E-state index is 11.8. The first-order chi connectivity index (χ1) is 13.2. The second-order valence-electron chi connectivity index (χ2n) is 6.32. The number of methoxy groups -OCH3 is 1. The molecule has 7 heteroatoms. The van der Waals surface area contributed by atoms with Gasteiger partial charge >= 0.3 is 0 Å². The van der Waals surface area contributed by atoms with Gasteiger partial charge in [0.05, 0.1) is 32.0 Å². The number of anilines is 1. The smallest absolute Gasteiger partial charge is 0.266 e. The molecule has 1 aromatic heterocycles. The molecule has 3 aromatic rings. The molecule has 27 heavy (non-hydrogen) atoms. The summed E-state index contributed by atoms with van der Waals surface area (Å²) >= 11 is 0. The molecule has 0 atom stereocenters. The molecule has 2 aromatic carbocycles. The molecule has 0 radical (unpaired) electrons. The quantitative estimate of drug-likeness (QED) is 0.746. The first-order valence-electron chi connectivity index (χ1n) is 8.84. The highest BCUT2D eigenvalue weighted by Gasteiger charge is 2.15. The zero-order valence-corrected chi connectivity index (χ0v) is 15.1.